The predicted molar refractivity (Wildman–Crippen MR) is 114 cm³/mol. The van der Waals surface area contributed by atoms with Crippen molar-refractivity contribution in [3.05, 3.63) is 0 Å². The van der Waals surface area contributed by atoms with Crippen molar-refractivity contribution in [2.45, 2.75) is 137 Å². The molecule has 0 aromatic heterocycles. The third kappa shape index (κ3) is 24.0. The van der Waals surface area contributed by atoms with Crippen molar-refractivity contribution in [1.82, 2.24) is 0 Å². The number of unbranched alkanes of at least 4 members (excludes halogenated alkanes) is 16. The van der Waals surface area contributed by atoms with Crippen molar-refractivity contribution >= 4 is 0 Å². The number of hydrogen-bond acceptors (Lipinski definition) is 1. The average molecular weight is 355 g/mol. The van der Waals surface area contributed by atoms with Crippen molar-refractivity contribution in [3.63, 3.8) is 0 Å². The third-order valence-electron chi connectivity index (χ3n) is 4.93. The lowest BCUT2D eigenvalue weighted by atomic mass is 9.99. The zero-order valence-corrected chi connectivity index (χ0v) is 18.3. The molecule has 0 saturated heterocycles. The van der Waals surface area contributed by atoms with Crippen LogP contribution in [0.5, 0.6) is 0 Å². The minimum Gasteiger partial charge on any atom is -0.381 e. The standard InChI is InChI=1S/C24H50O/c1-5-6-7-8-9-10-11-12-13-14-15-16-17-18-19-20-21-22-25-23-24(2,3)4/h5-23H2,1-4H3. The Labute approximate surface area is 160 Å². The van der Waals surface area contributed by atoms with E-state index >= 15 is 0 Å². The van der Waals surface area contributed by atoms with E-state index in [4.69, 9.17) is 4.74 Å². The summed E-state index contributed by atoms with van der Waals surface area (Å²) in [7, 11) is 0. The summed E-state index contributed by atoms with van der Waals surface area (Å²) in [5.41, 5.74) is 0.314. The van der Waals surface area contributed by atoms with Gasteiger partial charge in [-0.2, -0.15) is 0 Å². The average Bonchev–Trinajstić information content (AvgIpc) is 2.56. The van der Waals surface area contributed by atoms with Crippen LogP contribution in [0.1, 0.15) is 137 Å². The molecular weight excluding hydrogens is 304 g/mol. The fraction of sp³-hybridized carbons (Fsp3) is 1.00. The van der Waals surface area contributed by atoms with Gasteiger partial charge in [-0.25, -0.2) is 0 Å². The summed E-state index contributed by atoms with van der Waals surface area (Å²) in [6, 6.07) is 0. The Hall–Kier alpha value is -0.0400. The van der Waals surface area contributed by atoms with Crippen LogP contribution in [0.2, 0.25) is 0 Å². The van der Waals surface area contributed by atoms with Crippen LogP contribution in [0.3, 0.4) is 0 Å². The molecule has 0 spiro atoms. The van der Waals surface area contributed by atoms with E-state index < -0.39 is 0 Å². The van der Waals surface area contributed by atoms with Gasteiger partial charge in [-0.15, -0.1) is 0 Å². The normalized spacial score (nSPS) is 12.0. The van der Waals surface area contributed by atoms with E-state index in [0.717, 1.165) is 13.2 Å². The van der Waals surface area contributed by atoms with Gasteiger partial charge in [0.25, 0.3) is 0 Å². The van der Waals surface area contributed by atoms with Crippen molar-refractivity contribution in [1.29, 1.82) is 0 Å². The summed E-state index contributed by atoms with van der Waals surface area (Å²) in [4.78, 5) is 0. The topological polar surface area (TPSA) is 9.23 Å². The molecule has 0 aliphatic heterocycles. The summed E-state index contributed by atoms with van der Waals surface area (Å²) in [6.45, 7) is 10.9. The molecule has 1 heteroatoms. The smallest absolute Gasteiger partial charge is 0.0514 e. The molecule has 0 amide bonds. The zero-order chi connectivity index (χ0) is 18.6. The number of ether oxygens (including phenoxy) is 1. The van der Waals surface area contributed by atoms with E-state index in [0.29, 0.717) is 5.41 Å². The lowest BCUT2D eigenvalue weighted by molar-refractivity contribution is 0.0686. The molecule has 0 saturated carbocycles. The van der Waals surface area contributed by atoms with E-state index in [1.165, 1.54) is 109 Å². The molecule has 0 fully saturated rings. The summed E-state index contributed by atoms with van der Waals surface area (Å²) in [6.07, 6.45) is 24.4. The summed E-state index contributed by atoms with van der Waals surface area (Å²) >= 11 is 0. The highest BCUT2D eigenvalue weighted by atomic mass is 16.5. The van der Waals surface area contributed by atoms with Gasteiger partial charge in [0.2, 0.25) is 0 Å². The van der Waals surface area contributed by atoms with Crippen molar-refractivity contribution in [3.8, 4) is 0 Å². The quantitative estimate of drug-likeness (QED) is 0.211. The maximum Gasteiger partial charge on any atom is 0.0514 e. The summed E-state index contributed by atoms with van der Waals surface area (Å²) in [5.74, 6) is 0. The Kier molecular flexibility index (Phi) is 18.7. The zero-order valence-electron chi connectivity index (χ0n) is 18.3. The van der Waals surface area contributed by atoms with Gasteiger partial charge in [0.1, 0.15) is 0 Å². The van der Waals surface area contributed by atoms with Crippen molar-refractivity contribution in [2.24, 2.45) is 5.41 Å². The van der Waals surface area contributed by atoms with E-state index in [1.54, 1.807) is 0 Å². The summed E-state index contributed by atoms with van der Waals surface area (Å²) < 4.78 is 5.72. The highest BCUT2D eigenvalue weighted by molar-refractivity contribution is 4.58. The van der Waals surface area contributed by atoms with E-state index in [9.17, 15) is 0 Å². The van der Waals surface area contributed by atoms with Crippen molar-refractivity contribution in [2.75, 3.05) is 13.2 Å². The highest BCUT2D eigenvalue weighted by Crippen LogP contribution is 2.15. The Balaban J connectivity index is 3.01. The van der Waals surface area contributed by atoms with Crippen LogP contribution in [-0.2, 0) is 4.74 Å². The minimum absolute atomic E-state index is 0.314. The Morgan fingerprint density at radius 3 is 1.12 bits per heavy atom. The fourth-order valence-corrected chi connectivity index (χ4v) is 3.31. The van der Waals surface area contributed by atoms with Gasteiger partial charge in [0.15, 0.2) is 0 Å². The molecule has 0 atom stereocenters. The predicted octanol–water partition coefficient (Wildman–Crippen LogP) is 8.70. The second-order valence-corrected chi connectivity index (χ2v) is 9.27. The van der Waals surface area contributed by atoms with Gasteiger partial charge in [0.05, 0.1) is 6.61 Å². The fourth-order valence-electron chi connectivity index (χ4n) is 3.31. The van der Waals surface area contributed by atoms with Gasteiger partial charge in [-0.3, -0.25) is 0 Å². The molecule has 0 bridgehead atoms. The third-order valence-corrected chi connectivity index (χ3v) is 4.93. The lowest BCUT2D eigenvalue weighted by Crippen LogP contribution is -2.14. The maximum absolute atomic E-state index is 5.72. The molecule has 0 heterocycles. The lowest BCUT2D eigenvalue weighted by Gasteiger charge is -2.17. The van der Waals surface area contributed by atoms with Crippen LogP contribution in [0.4, 0.5) is 0 Å². The maximum atomic E-state index is 5.72. The Morgan fingerprint density at radius 2 is 0.800 bits per heavy atom. The number of rotatable bonds is 19. The summed E-state index contributed by atoms with van der Waals surface area (Å²) in [5, 5.41) is 0. The number of hydrogen-bond donors (Lipinski definition) is 0. The van der Waals surface area contributed by atoms with Gasteiger partial charge < -0.3 is 4.74 Å². The van der Waals surface area contributed by atoms with Crippen LogP contribution < -0.4 is 0 Å². The Morgan fingerprint density at radius 1 is 0.480 bits per heavy atom. The highest BCUT2D eigenvalue weighted by Gasteiger charge is 2.09. The molecular formula is C24H50O. The molecule has 0 unspecified atom stereocenters. The van der Waals surface area contributed by atoms with Crippen LogP contribution in [0.25, 0.3) is 0 Å². The van der Waals surface area contributed by atoms with Crippen LogP contribution in [0.15, 0.2) is 0 Å². The first-order valence-electron chi connectivity index (χ1n) is 11.6. The van der Waals surface area contributed by atoms with Crippen molar-refractivity contribution < 1.29 is 4.74 Å². The molecule has 25 heavy (non-hydrogen) atoms. The van der Waals surface area contributed by atoms with Gasteiger partial charge in [-0.1, -0.05) is 130 Å². The van der Waals surface area contributed by atoms with E-state index in [2.05, 4.69) is 27.7 Å². The van der Waals surface area contributed by atoms with E-state index in [-0.39, 0.29) is 0 Å². The second-order valence-electron chi connectivity index (χ2n) is 9.27. The molecule has 1 nitrogen and oxygen atoms in total. The molecule has 152 valence electrons. The first-order chi connectivity index (χ1) is 12.1. The SMILES string of the molecule is CCCCCCCCCCCCCCCCCCCOCC(C)(C)C. The first kappa shape index (κ1) is 25.0. The second kappa shape index (κ2) is 18.7. The molecule has 0 N–H and O–H groups in total. The molecule has 0 aromatic rings. The van der Waals surface area contributed by atoms with Gasteiger partial charge in [-0.05, 0) is 11.8 Å². The van der Waals surface area contributed by atoms with E-state index in [1.807, 2.05) is 0 Å². The van der Waals surface area contributed by atoms with Crippen LogP contribution in [0, 0.1) is 5.41 Å². The minimum atomic E-state index is 0.314. The van der Waals surface area contributed by atoms with Gasteiger partial charge >= 0.3 is 0 Å². The molecule has 0 aliphatic carbocycles. The molecule has 0 aromatic carbocycles. The Bertz CT molecular complexity index is 241. The van der Waals surface area contributed by atoms with Gasteiger partial charge in [0, 0.05) is 6.61 Å². The molecule has 0 rings (SSSR count). The monoisotopic (exact) mass is 354 g/mol. The van der Waals surface area contributed by atoms with Crippen LogP contribution in [-0.4, -0.2) is 13.2 Å². The largest absolute Gasteiger partial charge is 0.381 e. The molecule has 0 aliphatic rings. The first-order valence-corrected chi connectivity index (χ1v) is 11.6. The van der Waals surface area contributed by atoms with Crippen LogP contribution >= 0.6 is 0 Å². The molecule has 0 radical (unpaired) electrons.